The Morgan fingerprint density at radius 1 is 1.03 bits per heavy atom. The molecule has 1 fully saturated rings. The van der Waals surface area contributed by atoms with Crippen molar-refractivity contribution in [1.29, 1.82) is 0 Å². The minimum Gasteiger partial charge on any atom is -0.496 e. The molecule has 32 heavy (non-hydrogen) atoms. The third kappa shape index (κ3) is 7.70. The molecule has 0 radical (unpaired) electrons. The molecule has 0 saturated carbocycles. The summed E-state index contributed by atoms with van der Waals surface area (Å²) >= 11 is 0. The Morgan fingerprint density at radius 2 is 1.66 bits per heavy atom. The Balaban J connectivity index is 0.000000534. The van der Waals surface area contributed by atoms with Crippen LogP contribution in [0.1, 0.15) is 24.0 Å². The van der Waals surface area contributed by atoms with Gasteiger partial charge in [-0.1, -0.05) is 48.5 Å². The van der Waals surface area contributed by atoms with Crippen LogP contribution < -0.4 is 4.74 Å². The smallest absolute Gasteiger partial charge is 0.414 e. The maximum Gasteiger partial charge on any atom is 0.414 e. The highest BCUT2D eigenvalue weighted by atomic mass is 16.5. The van der Waals surface area contributed by atoms with Gasteiger partial charge in [0.2, 0.25) is 5.91 Å². The number of piperidine rings is 1. The Morgan fingerprint density at radius 3 is 2.28 bits per heavy atom. The van der Waals surface area contributed by atoms with Crippen LogP contribution in [0, 0.1) is 5.92 Å². The second-order valence-corrected chi connectivity index (χ2v) is 7.68. The number of rotatable bonds is 6. The molecular weight excluding hydrogens is 412 g/mol. The van der Waals surface area contributed by atoms with Gasteiger partial charge in [-0.15, -0.1) is 0 Å². The topological polar surface area (TPSA) is 107 Å². The summed E-state index contributed by atoms with van der Waals surface area (Å²) in [5, 5.41) is 14.8. The Kier molecular flexibility index (Phi) is 9.69. The number of hydrogen-bond acceptors (Lipinski definition) is 5. The van der Waals surface area contributed by atoms with E-state index in [-0.39, 0.29) is 11.8 Å². The van der Waals surface area contributed by atoms with Crippen molar-refractivity contribution in [2.45, 2.75) is 25.9 Å². The highest BCUT2D eigenvalue weighted by Crippen LogP contribution is 2.24. The number of carboxylic acids is 2. The fourth-order valence-electron chi connectivity index (χ4n) is 3.72. The average Bonchev–Trinajstić information content (AvgIpc) is 2.80. The summed E-state index contributed by atoms with van der Waals surface area (Å²) in [6, 6.07) is 18.3. The number of methoxy groups -OCH3 is 1. The van der Waals surface area contributed by atoms with Crippen molar-refractivity contribution in [2.75, 3.05) is 27.2 Å². The summed E-state index contributed by atoms with van der Waals surface area (Å²) in [6.07, 6.45) is 2.03. The second-order valence-electron chi connectivity index (χ2n) is 7.68. The maximum atomic E-state index is 12.9. The highest BCUT2D eigenvalue weighted by Gasteiger charge is 2.28. The van der Waals surface area contributed by atoms with E-state index in [0.717, 1.165) is 38.2 Å². The minimum absolute atomic E-state index is 0.0761. The Bertz CT molecular complexity index is 890. The number of para-hydroxylation sites is 1. The van der Waals surface area contributed by atoms with E-state index >= 15 is 0 Å². The first-order chi connectivity index (χ1) is 15.3. The van der Waals surface area contributed by atoms with Gasteiger partial charge in [0.25, 0.3) is 0 Å². The average molecular weight is 443 g/mol. The molecule has 1 unspecified atom stereocenters. The molecule has 1 saturated heterocycles. The van der Waals surface area contributed by atoms with E-state index in [2.05, 4.69) is 23.1 Å². The van der Waals surface area contributed by atoms with Crippen molar-refractivity contribution in [3.63, 3.8) is 0 Å². The summed E-state index contributed by atoms with van der Waals surface area (Å²) in [6.45, 7) is 3.35. The molecule has 3 rings (SSSR count). The lowest BCUT2D eigenvalue weighted by Crippen LogP contribution is -2.43. The molecule has 1 aliphatic rings. The number of carbonyl (C=O) groups is 3. The summed E-state index contributed by atoms with van der Waals surface area (Å²) < 4.78 is 5.46. The molecule has 1 amide bonds. The van der Waals surface area contributed by atoms with Gasteiger partial charge < -0.3 is 19.8 Å². The van der Waals surface area contributed by atoms with Crippen LogP contribution in [0.4, 0.5) is 0 Å². The zero-order valence-corrected chi connectivity index (χ0v) is 18.4. The van der Waals surface area contributed by atoms with Crippen LogP contribution in [0.15, 0.2) is 54.6 Å². The Hall–Kier alpha value is -3.39. The molecule has 2 aromatic rings. The van der Waals surface area contributed by atoms with Gasteiger partial charge >= 0.3 is 11.9 Å². The van der Waals surface area contributed by atoms with E-state index in [1.54, 1.807) is 7.11 Å². The quantitative estimate of drug-likeness (QED) is 0.663. The molecule has 0 aromatic heterocycles. The van der Waals surface area contributed by atoms with E-state index in [1.807, 2.05) is 48.3 Å². The van der Waals surface area contributed by atoms with Crippen molar-refractivity contribution >= 4 is 17.8 Å². The fraction of sp³-hybridized carbons (Fsp3) is 0.375. The van der Waals surface area contributed by atoms with E-state index in [0.29, 0.717) is 6.54 Å². The van der Waals surface area contributed by atoms with E-state index in [1.165, 1.54) is 11.1 Å². The zero-order chi connectivity index (χ0) is 23.5. The van der Waals surface area contributed by atoms with Crippen molar-refractivity contribution in [3.8, 4) is 5.75 Å². The van der Waals surface area contributed by atoms with Crippen LogP contribution in [0.25, 0.3) is 0 Å². The molecule has 0 aliphatic carbocycles. The summed E-state index contributed by atoms with van der Waals surface area (Å²) in [4.78, 5) is 35.3. The first-order valence-electron chi connectivity index (χ1n) is 10.4. The van der Waals surface area contributed by atoms with Crippen molar-refractivity contribution in [2.24, 2.45) is 5.92 Å². The number of aliphatic carboxylic acids is 2. The van der Waals surface area contributed by atoms with Crippen LogP contribution in [0.3, 0.4) is 0 Å². The molecule has 2 N–H and O–H groups in total. The predicted molar refractivity (Wildman–Crippen MR) is 119 cm³/mol. The predicted octanol–water partition coefficient (Wildman–Crippen LogP) is 2.72. The number of ether oxygens (including phenoxy) is 1. The summed E-state index contributed by atoms with van der Waals surface area (Å²) in [5.74, 6) is -2.40. The molecule has 2 aromatic carbocycles. The van der Waals surface area contributed by atoms with Gasteiger partial charge in [-0.25, -0.2) is 9.59 Å². The van der Waals surface area contributed by atoms with Crippen LogP contribution in [0.2, 0.25) is 0 Å². The highest BCUT2D eigenvalue weighted by molar-refractivity contribution is 6.27. The number of carbonyl (C=O) groups excluding carboxylic acids is 1. The van der Waals surface area contributed by atoms with E-state index < -0.39 is 11.9 Å². The minimum atomic E-state index is -1.82. The van der Waals surface area contributed by atoms with Gasteiger partial charge in [-0.3, -0.25) is 9.69 Å². The number of likely N-dealkylation sites (tertiary alicyclic amines) is 1. The van der Waals surface area contributed by atoms with Gasteiger partial charge in [-0.05, 0) is 31.0 Å². The van der Waals surface area contributed by atoms with Crippen molar-refractivity contribution < 1.29 is 29.3 Å². The zero-order valence-electron chi connectivity index (χ0n) is 18.4. The van der Waals surface area contributed by atoms with Gasteiger partial charge in [0.1, 0.15) is 5.75 Å². The molecule has 1 aliphatic heterocycles. The lowest BCUT2D eigenvalue weighted by atomic mass is 9.96. The largest absolute Gasteiger partial charge is 0.496 e. The van der Waals surface area contributed by atoms with Crippen LogP contribution in [-0.4, -0.2) is 65.1 Å². The first kappa shape index (κ1) is 24.9. The van der Waals surface area contributed by atoms with Crippen LogP contribution >= 0.6 is 0 Å². The summed E-state index contributed by atoms with van der Waals surface area (Å²) in [5.41, 5.74) is 2.35. The van der Waals surface area contributed by atoms with Crippen LogP contribution in [-0.2, 0) is 27.5 Å². The van der Waals surface area contributed by atoms with Gasteiger partial charge in [-0.2, -0.15) is 0 Å². The number of carboxylic acid groups (broad SMARTS) is 2. The third-order valence-corrected chi connectivity index (χ3v) is 5.26. The molecule has 1 heterocycles. The summed E-state index contributed by atoms with van der Waals surface area (Å²) in [7, 11) is 3.62. The molecule has 8 heteroatoms. The SMILES string of the molecule is COc1ccccc1CN1CCCC(C(=O)N(C)Cc2ccccc2)C1.O=C(O)C(=O)O. The lowest BCUT2D eigenvalue weighted by Gasteiger charge is -2.34. The fourth-order valence-corrected chi connectivity index (χ4v) is 3.72. The van der Waals surface area contributed by atoms with Gasteiger partial charge in [0.15, 0.2) is 0 Å². The molecule has 172 valence electrons. The lowest BCUT2D eigenvalue weighted by molar-refractivity contribution is -0.159. The number of hydrogen-bond donors (Lipinski definition) is 2. The second kappa shape index (κ2) is 12.5. The van der Waals surface area contributed by atoms with E-state index in [9.17, 15) is 4.79 Å². The third-order valence-electron chi connectivity index (χ3n) is 5.26. The van der Waals surface area contributed by atoms with Gasteiger partial charge in [0.05, 0.1) is 13.0 Å². The standard InChI is InChI=1S/C22H28N2O2.C2H2O4/c1-23(15-18-9-4-3-5-10-18)22(25)20-12-8-14-24(17-20)16-19-11-6-7-13-21(19)26-2;3-1(4)2(5)6/h3-7,9-11,13,20H,8,12,14-17H2,1-2H3;(H,3,4)(H,5,6). The molecule has 0 spiro atoms. The monoisotopic (exact) mass is 442 g/mol. The van der Waals surface area contributed by atoms with Crippen molar-refractivity contribution in [3.05, 3.63) is 65.7 Å². The molecule has 8 nitrogen and oxygen atoms in total. The number of amides is 1. The van der Waals surface area contributed by atoms with E-state index in [4.69, 9.17) is 24.5 Å². The van der Waals surface area contributed by atoms with Gasteiger partial charge in [0, 0.05) is 32.2 Å². The molecule has 1 atom stereocenters. The first-order valence-corrected chi connectivity index (χ1v) is 10.4. The van der Waals surface area contributed by atoms with Crippen LogP contribution in [0.5, 0.6) is 5.75 Å². The normalized spacial score (nSPS) is 15.8. The number of benzene rings is 2. The number of nitrogens with zero attached hydrogens (tertiary/aromatic N) is 2. The Labute approximate surface area is 188 Å². The molecular formula is C24H30N2O6. The maximum absolute atomic E-state index is 12.9. The molecule has 0 bridgehead atoms. The van der Waals surface area contributed by atoms with Crippen molar-refractivity contribution in [1.82, 2.24) is 9.80 Å².